The second-order valence-electron chi connectivity index (χ2n) is 8.86. The maximum Gasteiger partial charge on any atom is 0.250 e. The first-order valence-corrected chi connectivity index (χ1v) is 14.4. The van der Waals surface area contributed by atoms with Gasteiger partial charge in [-0.15, -0.1) is 11.8 Å². The summed E-state index contributed by atoms with van der Waals surface area (Å²) in [6, 6.07) is 20.8. The highest BCUT2D eigenvalue weighted by Gasteiger charge is 2.44. The van der Waals surface area contributed by atoms with Crippen molar-refractivity contribution in [3.05, 3.63) is 77.9 Å². The van der Waals surface area contributed by atoms with Crippen LogP contribution in [0.5, 0.6) is 17.2 Å². The SMILES string of the molecule is CSc1ccc(Oc2cccc3c2S(=O)(=O)N(C2CC2)C[C@@H](COCc2ccccc2)O3)cc1C. The van der Waals surface area contributed by atoms with Gasteiger partial charge in [0.05, 0.1) is 19.8 Å². The molecule has 1 atom stereocenters. The second-order valence-corrected chi connectivity index (χ2v) is 11.5. The van der Waals surface area contributed by atoms with E-state index in [4.69, 9.17) is 14.2 Å². The molecule has 3 aromatic rings. The van der Waals surface area contributed by atoms with Gasteiger partial charge in [0.1, 0.15) is 17.6 Å². The van der Waals surface area contributed by atoms with E-state index in [0.29, 0.717) is 18.1 Å². The van der Waals surface area contributed by atoms with Crippen LogP contribution in [0.15, 0.2) is 76.5 Å². The number of thioether (sulfide) groups is 1. The summed E-state index contributed by atoms with van der Waals surface area (Å²) in [6.45, 7) is 2.99. The highest BCUT2D eigenvalue weighted by atomic mass is 32.2. The predicted octanol–water partition coefficient (Wildman–Crippen LogP) is 5.64. The molecule has 1 aliphatic carbocycles. The smallest absolute Gasteiger partial charge is 0.250 e. The zero-order chi connectivity index (χ0) is 24.4. The quantitative estimate of drug-likeness (QED) is 0.365. The molecule has 0 radical (unpaired) electrons. The van der Waals surface area contributed by atoms with Gasteiger partial charge in [0, 0.05) is 10.9 Å². The van der Waals surface area contributed by atoms with Crippen LogP contribution in [0.4, 0.5) is 0 Å². The third kappa shape index (κ3) is 5.35. The molecular formula is C27H29NO5S2. The number of benzene rings is 3. The molecular weight excluding hydrogens is 482 g/mol. The minimum absolute atomic E-state index is 0.0117. The summed E-state index contributed by atoms with van der Waals surface area (Å²) in [7, 11) is -3.82. The van der Waals surface area contributed by atoms with Gasteiger partial charge in [-0.05, 0) is 67.5 Å². The zero-order valence-electron chi connectivity index (χ0n) is 19.8. The molecule has 1 saturated carbocycles. The molecule has 1 heterocycles. The molecule has 0 unspecified atom stereocenters. The lowest BCUT2D eigenvalue weighted by atomic mass is 10.2. The van der Waals surface area contributed by atoms with E-state index in [1.54, 1.807) is 34.3 Å². The fraction of sp³-hybridized carbons (Fsp3) is 0.333. The van der Waals surface area contributed by atoms with Gasteiger partial charge >= 0.3 is 0 Å². The van der Waals surface area contributed by atoms with Crippen LogP contribution in [-0.4, -0.2) is 44.3 Å². The fourth-order valence-corrected chi connectivity index (χ4v) is 6.79. The molecule has 0 N–H and O–H groups in total. The lowest BCUT2D eigenvalue weighted by molar-refractivity contribution is 0.0334. The van der Waals surface area contributed by atoms with E-state index in [-0.39, 0.29) is 29.8 Å². The van der Waals surface area contributed by atoms with Gasteiger partial charge in [0.15, 0.2) is 10.6 Å². The minimum Gasteiger partial charge on any atom is -0.485 e. The van der Waals surface area contributed by atoms with Crippen molar-refractivity contribution in [3.63, 3.8) is 0 Å². The van der Waals surface area contributed by atoms with Gasteiger partial charge in [-0.2, -0.15) is 4.31 Å². The first-order valence-electron chi connectivity index (χ1n) is 11.7. The Hall–Kier alpha value is -2.52. The van der Waals surface area contributed by atoms with E-state index in [9.17, 15) is 8.42 Å². The molecule has 1 fully saturated rings. The summed E-state index contributed by atoms with van der Waals surface area (Å²) < 4.78 is 47.6. The number of fused-ring (bicyclic) bond motifs is 1. The molecule has 35 heavy (non-hydrogen) atoms. The van der Waals surface area contributed by atoms with Gasteiger partial charge in [-0.3, -0.25) is 0 Å². The Morgan fingerprint density at radius 3 is 2.57 bits per heavy atom. The van der Waals surface area contributed by atoms with Crippen LogP contribution < -0.4 is 9.47 Å². The first-order chi connectivity index (χ1) is 17.0. The third-order valence-electron chi connectivity index (χ3n) is 6.15. The van der Waals surface area contributed by atoms with Crippen LogP contribution in [0.1, 0.15) is 24.0 Å². The first kappa shape index (κ1) is 24.2. The monoisotopic (exact) mass is 511 g/mol. The standard InChI is InChI=1S/C27H29NO5S2/c1-19-15-22(13-14-26(19)34-2)32-24-9-6-10-25-27(24)35(29,30)28(21-11-12-21)16-23(33-25)18-31-17-20-7-4-3-5-8-20/h3-10,13-15,21,23H,11-12,16-18H2,1-2H3/t23-/m0/s1. The number of aryl methyl sites for hydroxylation is 1. The average molecular weight is 512 g/mol. The Bertz CT molecular complexity index is 1290. The van der Waals surface area contributed by atoms with E-state index in [2.05, 4.69) is 0 Å². The van der Waals surface area contributed by atoms with E-state index in [1.165, 1.54) is 0 Å². The predicted molar refractivity (Wildman–Crippen MR) is 137 cm³/mol. The molecule has 8 heteroatoms. The molecule has 3 aromatic carbocycles. The molecule has 0 spiro atoms. The van der Waals surface area contributed by atoms with Crippen molar-refractivity contribution in [3.8, 4) is 17.2 Å². The Morgan fingerprint density at radius 1 is 1.06 bits per heavy atom. The average Bonchev–Trinajstić information content (AvgIpc) is 3.68. The van der Waals surface area contributed by atoms with Crippen molar-refractivity contribution in [1.29, 1.82) is 0 Å². The Morgan fingerprint density at radius 2 is 1.86 bits per heavy atom. The van der Waals surface area contributed by atoms with Gasteiger partial charge in [0.25, 0.3) is 10.0 Å². The van der Waals surface area contributed by atoms with E-state index in [0.717, 1.165) is 28.9 Å². The Kier molecular flexibility index (Phi) is 7.07. The van der Waals surface area contributed by atoms with Crippen molar-refractivity contribution in [2.75, 3.05) is 19.4 Å². The van der Waals surface area contributed by atoms with Crippen molar-refractivity contribution < 1.29 is 22.6 Å². The molecule has 2 aliphatic rings. The van der Waals surface area contributed by atoms with Crippen LogP contribution in [-0.2, 0) is 21.4 Å². The lowest BCUT2D eigenvalue weighted by Crippen LogP contribution is -2.40. The van der Waals surface area contributed by atoms with Crippen LogP contribution in [0, 0.1) is 6.92 Å². The van der Waals surface area contributed by atoms with Crippen molar-refractivity contribution >= 4 is 21.8 Å². The van der Waals surface area contributed by atoms with Crippen LogP contribution in [0.3, 0.4) is 0 Å². The van der Waals surface area contributed by atoms with E-state index < -0.39 is 16.1 Å². The summed E-state index contributed by atoms with van der Waals surface area (Å²) in [4.78, 5) is 1.24. The van der Waals surface area contributed by atoms with Gasteiger partial charge in [-0.25, -0.2) is 8.42 Å². The Labute approximate surface area is 211 Å². The van der Waals surface area contributed by atoms with Crippen molar-refractivity contribution in [2.24, 2.45) is 0 Å². The second kappa shape index (κ2) is 10.2. The summed E-state index contributed by atoms with van der Waals surface area (Å²) in [6.07, 6.45) is 3.31. The minimum atomic E-state index is -3.82. The third-order valence-corrected chi connectivity index (χ3v) is 9.03. The molecule has 0 saturated heterocycles. The summed E-state index contributed by atoms with van der Waals surface area (Å²) >= 11 is 1.66. The lowest BCUT2D eigenvalue weighted by Gasteiger charge is -2.23. The van der Waals surface area contributed by atoms with Gasteiger partial charge in [0.2, 0.25) is 0 Å². The topological polar surface area (TPSA) is 65.1 Å². The van der Waals surface area contributed by atoms with Crippen LogP contribution in [0.2, 0.25) is 0 Å². The summed E-state index contributed by atoms with van der Waals surface area (Å²) in [5, 5.41) is 0. The number of hydrogen-bond acceptors (Lipinski definition) is 6. The number of hydrogen-bond donors (Lipinski definition) is 0. The van der Waals surface area contributed by atoms with Gasteiger partial charge < -0.3 is 14.2 Å². The maximum atomic E-state index is 13.8. The molecule has 6 nitrogen and oxygen atoms in total. The largest absolute Gasteiger partial charge is 0.485 e. The van der Waals surface area contributed by atoms with Gasteiger partial charge in [-0.1, -0.05) is 36.4 Å². The normalized spacial score (nSPS) is 19.4. The number of ether oxygens (including phenoxy) is 3. The molecule has 0 amide bonds. The molecule has 0 aromatic heterocycles. The summed E-state index contributed by atoms with van der Waals surface area (Å²) in [5.74, 6) is 1.17. The molecule has 5 rings (SSSR count). The number of sulfonamides is 1. The molecule has 184 valence electrons. The van der Waals surface area contributed by atoms with E-state index >= 15 is 0 Å². The van der Waals surface area contributed by atoms with E-state index in [1.807, 2.05) is 61.7 Å². The number of rotatable bonds is 8. The van der Waals surface area contributed by atoms with Crippen LogP contribution >= 0.6 is 11.8 Å². The highest BCUT2D eigenvalue weighted by Crippen LogP contribution is 2.43. The van der Waals surface area contributed by atoms with Crippen LogP contribution in [0.25, 0.3) is 0 Å². The fourth-order valence-electron chi connectivity index (χ4n) is 4.27. The number of nitrogens with zero attached hydrogens (tertiary/aromatic N) is 1. The van der Waals surface area contributed by atoms with Crippen molar-refractivity contribution in [2.45, 2.75) is 48.3 Å². The summed E-state index contributed by atoms with van der Waals surface area (Å²) in [5.41, 5.74) is 2.14. The zero-order valence-corrected chi connectivity index (χ0v) is 21.5. The molecule has 0 bridgehead atoms. The highest BCUT2D eigenvalue weighted by molar-refractivity contribution is 7.98. The maximum absolute atomic E-state index is 13.8. The van der Waals surface area contributed by atoms with Crippen molar-refractivity contribution in [1.82, 2.24) is 4.31 Å². The molecule has 1 aliphatic heterocycles. The Balaban J connectivity index is 1.43.